The molecule has 21 heavy (non-hydrogen) atoms. The topological polar surface area (TPSA) is 45.3 Å². The summed E-state index contributed by atoms with van der Waals surface area (Å²) in [5.41, 5.74) is 1.72. The first-order valence-corrected chi connectivity index (χ1v) is 7.03. The second kappa shape index (κ2) is 5.15. The molecule has 2 aromatic rings. The summed E-state index contributed by atoms with van der Waals surface area (Å²) in [4.78, 5) is 17.2. The van der Waals surface area contributed by atoms with E-state index in [4.69, 9.17) is 4.74 Å². The molecule has 0 radical (unpaired) electrons. The van der Waals surface area contributed by atoms with Gasteiger partial charge in [-0.1, -0.05) is 6.92 Å². The molecule has 0 atom stereocenters. The summed E-state index contributed by atoms with van der Waals surface area (Å²) < 4.78 is 18.3. The molecule has 5 heteroatoms. The number of halogens is 1. The number of rotatable bonds is 4. The molecule has 0 saturated carbocycles. The number of carbonyl (C=O) groups is 1. The Labute approximate surface area is 122 Å². The molecule has 3 rings (SSSR count). The van der Waals surface area contributed by atoms with Crippen molar-refractivity contribution in [1.82, 2.24) is 9.88 Å². The van der Waals surface area contributed by atoms with Gasteiger partial charge >= 0.3 is 0 Å². The maximum atomic E-state index is 13.2. The minimum absolute atomic E-state index is 0.0771. The van der Waals surface area contributed by atoms with Crippen molar-refractivity contribution in [2.75, 3.05) is 26.8 Å². The van der Waals surface area contributed by atoms with Crippen molar-refractivity contribution in [2.45, 2.75) is 13.3 Å². The number of amides is 1. The lowest BCUT2D eigenvalue weighted by molar-refractivity contribution is -0.144. The summed E-state index contributed by atoms with van der Waals surface area (Å²) in [7, 11) is 1.68. The monoisotopic (exact) mass is 290 g/mol. The van der Waals surface area contributed by atoms with Gasteiger partial charge in [-0.3, -0.25) is 4.79 Å². The second-order valence-electron chi connectivity index (χ2n) is 6.17. The van der Waals surface area contributed by atoms with Gasteiger partial charge in [-0.15, -0.1) is 0 Å². The minimum Gasteiger partial charge on any atom is -0.384 e. The quantitative estimate of drug-likeness (QED) is 0.939. The minimum atomic E-state index is -0.277. The van der Waals surface area contributed by atoms with Crippen molar-refractivity contribution in [1.29, 1.82) is 0 Å². The number of methoxy groups -OCH3 is 1. The molecule has 1 amide bonds. The van der Waals surface area contributed by atoms with Gasteiger partial charge in [-0.05, 0) is 23.8 Å². The van der Waals surface area contributed by atoms with Crippen LogP contribution in [0.1, 0.15) is 12.5 Å². The summed E-state index contributed by atoms with van der Waals surface area (Å²) in [6.07, 6.45) is 2.13. The number of H-pyrrole nitrogens is 1. The highest BCUT2D eigenvalue weighted by molar-refractivity contribution is 5.89. The van der Waals surface area contributed by atoms with Crippen molar-refractivity contribution >= 4 is 16.8 Å². The number of nitrogens with one attached hydrogen (secondary N) is 1. The standard InChI is InChI=1S/C16H19FN2O2/c1-16(10-21-2)8-19(9-16)15(20)5-11-7-18-14-6-12(17)3-4-13(11)14/h3-4,6-7,18H,5,8-10H2,1-2H3. The Morgan fingerprint density at radius 2 is 2.24 bits per heavy atom. The summed E-state index contributed by atoms with van der Waals surface area (Å²) in [6, 6.07) is 4.58. The third-order valence-electron chi connectivity index (χ3n) is 4.06. The Hall–Kier alpha value is -1.88. The Kier molecular flexibility index (Phi) is 3.45. The zero-order valence-electron chi connectivity index (χ0n) is 12.3. The first kappa shape index (κ1) is 14.1. The highest BCUT2D eigenvalue weighted by Gasteiger charge is 2.41. The number of ether oxygens (including phenoxy) is 1. The molecule has 4 nitrogen and oxygen atoms in total. The summed E-state index contributed by atoms with van der Waals surface area (Å²) in [6.45, 7) is 4.26. The Bertz CT molecular complexity index is 674. The lowest BCUT2D eigenvalue weighted by atomic mass is 9.82. The third kappa shape index (κ3) is 2.65. The van der Waals surface area contributed by atoms with E-state index < -0.39 is 0 Å². The fraction of sp³-hybridized carbons (Fsp3) is 0.438. The second-order valence-corrected chi connectivity index (χ2v) is 6.17. The summed E-state index contributed by atoms with van der Waals surface area (Å²) in [5.74, 6) is -0.172. The van der Waals surface area contributed by atoms with E-state index >= 15 is 0 Å². The lowest BCUT2D eigenvalue weighted by Gasteiger charge is -2.47. The maximum absolute atomic E-state index is 13.2. The van der Waals surface area contributed by atoms with E-state index in [1.807, 2.05) is 4.90 Å². The first-order valence-electron chi connectivity index (χ1n) is 7.03. The number of benzene rings is 1. The van der Waals surface area contributed by atoms with Crippen LogP contribution in [0.2, 0.25) is 0 Å². The number of likely N-dealkylation sites (tertiary alicyclic amines) is 1. The molecule has 0 bridgehead atoms. The Balaban J connectivity index is 1.68. The molecule has 1 saturated heterocycles. The number of aromatic nitrogens is 1. The van der Waals surface area contributed by atoms with Gasteiger partial charge in [0.1, 0.15) is 5.82 Å². The van der Waals surface area contributed by atoms with E-state index in [-0.39, 0.29) is 17.1 Å². The highest BCUT2D eigenvalue weighted by atomic mass is 19.1. The molecular weight excluding hydrogens is 271 g/mol. The predicted octanol–water partition coefficient (Wildman–Crippen LogP) is 2.34. The van der Waals surface area contributed by atoms with Crippen molar-refractivity contribution in [2.24, 2.45) is 5.41 Å². The van der Waals surface area contributed by atoms with Crippen LogP contribution in [0.4, 0.5) is 4.39 Å². The molecule has 1 aromatic heterocycles. The fourth-order valence-corrected chi connectivity index (χ4v) is 3.07. The van der Waals surface area contributed by atoms with E-state index in [0.29, 0.717) is 13.0 Å². The molecule has 1 aliphatic heterocycles. The van der Waals surface area contributed by atoms with E-state index in [1.165, 1.54) is 12.1 Å². The molecular formula is C16H19FN2O2. The van der Waals surface area contributed by atoms with Crippen LogP contribution in [0.25, 0.3) is 10.9 Å². The zero-order valence-corrected chi connectivity index (χ0v) is 12.3. The average Bonchev–Trinajstić information content (AvgIpc) is 2.78. The first-order chi connectivity index (χ1) is 10.0. The fourth-order valence-electron chi connectivity index (χ4n) is 3.07. The predicted molar refractivity (Wildman–Crippen MR) is 78.5 cm³/mol. The van der Waals surface area contributed by atoms with E-state index in [9.17, 15) is 9.18 Å². The molecule has 1 N–H and O–H groups in total. The molecule has 1 aliphatic rings. The normalized spacial score (nSPS) is 17.0. The summed E-state index contributed by atoms with van der Waals surface area (Å²) in [5, 5.41) is 0.907. The van der Waals surface area contributed by atoms with Gasteiger partial charge in [0.15, 0.2) is 0 Å². The van der Waals surface area contributed by atoms with E-state index in [2.05, 4.69) is 11.9 Å². The van der Waals surface area contributed by atoms with Crippen LogP contribution >= 0.6 is 0 Å². The number of hydrogen-bond acceptors (Lipinski definition) is 2. The molecule has 1 aromatic carbocycles. The summed E-state index contributed by atoms with van der Waals surface area (Å²) >= 11 is 0. The molecule has 1 fully saturated rings. The SMILES string of the molecule is COCC1(C)CN(C(=O)Cc2c[nH]c3cc(F)ccc23)C1. The largest absolute Gasteiger partial charge is 0.384 e. The van der Waals surface area contributed by atoms with Gasteiger partial charge in [0.05, 0.1) is 13.0 Å². The van der Waals surface area contributed by atoms with Crippen LogP contribution in [0.15, 0.2) is 24.4 Å². The van der Waals surface area contributed by atoms with Crippen LogP contribution in [0, 0.1) is 11.2 Å². The van der Waals surface area contributed by atoms with Gasteiger partial charge in [0.25, 0.3) is 0 Å². The highest BCUT2D eigenvalue weighted by Crippen LogP contribution is 2.31. The Morgan fingerprint density at radius 3 is 2.95 bits per heavy atom. The van der Waals surface area contributed by atoms with Gasteiger partial charge in [0, 0.05) is 42.7 Å². The van der Waals surface area contributed by atoms with Crippen molar-refractivity contribution in [3.05, 3.63) is 35.8 Å². The third-order valence-corrected chi connectivity index (χ3v) is 4.06. The molecule has 0 aliphatic carbocycles. The van der Waals surface area contributed by atoms with Crippen molar-refractivity contribution < 1.29 is 13.9 Å². The van der Waals surface area contributed by atoms with Gasteiger partial charge in [0.2, 0.25) is 5.91 Å². The lowest BCUT2D eigenvalue weighted by Crippen LogP contribution is -2.59. The van der Waals surface area contributed by atoms with Crippen LogP contribution < -0.4 is 0 Å². The number of nitrogens with zero attached hydrogens (tertiary/aromatic N) is 1. The van der Waals surface area contributed by atoms with E-state index in [1.54, 1.807) is 19.4 Å². The zero-order chi connectivity index (χ0) is 15.0. The maximum Gasteiger partial charge on any atom is 0.227 e. The van der Waals surface area contributed by atoms with Crippen LogP contribution in [0.3, 0.4) is 0 Å². The smallest absolute Gasteiger partial charge is 0.227 e. The molecule has 112 valence electrons. The van der Waals surface area contributed by atoms with Gasteiger partial charge in [-0.2, -0.15) is 0 Å². The molecule has 2 heterocycles. The molecule has 0 unspecified atom stereocenters. The number of hydrogen-bond donors (Lipinski definition) is 1. The van der Waals surface area contributed by atoms with Crippen molar-refractivity contribution in [3.63, 3.8) is 0 Å². The van der Waals surface area contributed by atoms with Crippen LogP contribution in [-0.4, -0.2) is 42.6 Å². The van der Waals surface area contributed by atoms with E-state index in [0.717, 1.165) is 29.6 Å². The number of aromatic amines is 1. The van der Waals surface area contributed by atoms with Gasteiger partial charge in [-0.25, -0.2) is 4.39 Å². The van der Waals surface area contributed by atoms with Crippen LogP contribution in [-0.2, 0) is 16.0 Å². The molecule has 0 spiro atoms. The average molecular weight is 290 g/mol. The van der Waals surface area contributed by atoms with Crippen LogP contribution in [0.5, 0.6) is 0 Å². The number of fused-ring (bicyclic) bond motifs is 1. The number of carbonyl (C=O) groups excluding carboxylic acids is 1. The Morgan fingerprint density at radius 1 is 1.48 bits per heavy atom. The van der Waals surface area contributed by atoms with Gasteiger partial charge < -0.3 is 14.6 Å². The van der Waals surface area contributed by atoms with Crippen molar-refractivity contribution in [3.8, 4) is 0 Å².